The maximum absolute atomic E-state index is 2.56. The van der Waals surface area contributed by atoms with E-state index in [2.05, 4.69) is 98.8 Å². The van der Waals surface area contributed by atoms with E-state index in [1.807, 2.05) is 0 Å². The third-order valence-electron chi connectivity index (χ3n) is 14.4. The lowest BCUT2D eigenvalue weighted by molar-refractivity contribution is 0.351. The minimum atomic E-state index is 1.02. The van der Waals surface area contributed by atoms with Crippen LogP contribution in [-0.2, 0) is 12.8 Å². The van der Waals surface area contributed by atoms with E-state index < -0.39 is 0 Å². The van der Waals surface area contributed by atoms with E-state index in [0.717, 1.165) is 17.3 Å². The summed E-state index contributed by atoms with van der Waals surface area (Å²) in [6.07, 6.45) is 41.6. The van der Waals surface area contributed by atoms with Crippen LogP contribution < -0.4 is 4.48 Å². The molecule has 0 bridgehead atoms. The van der Waals surface area contributed by atoms with Gasteiger partial charge in [-0.05, 0) is 71.2 Å². The molecule has 59 heavy (non-hydrogen) atoms. The molecule has 320 valence electrons. The monoisotopic (exact) mass is 795 g/mol. The summed E-state index contributed by atoms with van der Waals surface area (Å²) in [6, 6.07) is 33.2. The molecule has 0 atom stereocenters. The maximum Gasteiger partial charge on any atom is 0.142 e. The summed E-state index contributed by atoms with van der Waals surface area (Å²) in [7, 11) is 0. The average Bonchev–Trinajstić information content (AvgIpc) is 3.85. The van der Waals surface area contributed by atoms with Crippen LogP contribution in [0.2, 0.25) is 0 Å². The van der Waals surface area contributed by atoms with Crippen molar-refractivity contribution in [2.75, 3.05) is 13.1 Å². The molecule has 0 fully saturated rings. The highest BCUT2D eigenvalue weighted by molar-refractivity contribution is 5.86. The number of nitrogens with zero attached hydrogens (tertiary/aromatic N) is 1. The lowest BCUT2D eigenvalue weighted by Crippen LogP contribution is -2.47. The number of hydrogen-bond acceptors (Lipinski definition) is 0. The quantitative estimate of drug-likeness (QED) is 0.0295. The average molecular weight is 795 g/mol. The number of hydrogen-bond donors (Lipinski definition) is 0. The first-order valence-corrected chi connectivity index (χ1v) is 25.6. The lowest BCUT2D eigenvalue weighted by atomic mass is 9.96. The van der Waals surface area contributed by atoms with Crippen LogP contribution in [0.25, 0.3) is 22.3 Å². The number of quaternary nitrogens is 1. The van der Waals surface area contributed by atoms with E-state index >= 15 is 0 Å². The van der Waals surface area contributed by atoms with Gasteiger partial charge in [0.05, 0.1) is 13.1 Å². The summed E-state index contributed by atoms with van der Waals surface area (Å²) in [5, 5.41) is 0. The summed E-state index contributed by atoms with van der Waals surface area (Å²) < 4.78 is 1.02. The Labute approximate surface area is 363 Å². The highest BCUT2D eigenvalue weighted by Gasteiger charge is 2.40. The van der Waals surface area contributed by atoms with Crippen molar-refractivity contribution in [1.29, 1.82) is 0 Å². The Morgan fingerprint density at radius 3 is 0.932 bits per heavy atom. The summed E-state index contributed by atoms with van der Waals surface area (Å²) in [4.78, 5) is 0. The molecule has 4 aromatic carbocycles. The second-order valence-corrected chi connectivity index (χ2v) is 18.9. The Kier molecular flexibility index (Phi) is 19.7. The van der Waals surface area contributed by atoms with Crippen LogP contribution in [0.5, 0.6) is 0 Å². The zero-order chi connectivity index (χ0) is 40.8. The molecule has 0 radical (unpaired) electrons. The second kappa shape index (κ2) is 25.6. The minimum absolute atomic E-state index is 1.02. The van der Waals surface area contributed by atoms with E-state index in [0.29, 0.717) is 0 Å². The fraction of sp³-hybridized carbons (Fsp3) is 0.586. The van der Waals surface area contributed by atoms with Crippen LogP contribution in [0, 0.1) is 0 Å². The van der Waals surface area contributed by atoms with Gasteiger partial charge in [0.25, 0.3) is 0 Å². The van der Waals surface area contributed by atoms with Gasteiger partial charge in [-0.15, -0.1) is 0 Å². The first kappa shape index (κ1) is 45.4. The number of benzene rings is 4. The predicted molar refractivity (Wildman–Crippen MR) is 261 cm³/mol. The normalized spacial score (nSPS) is 12.8. The zero-order valence-corrected chi connectivity index (χ0v) is 38.2. The molecule has 0 unspecified atom stereocenters. The van der Waals surface area contributed by atoms with Gasteiger partial charge in [-0.25, -0.2) is 0 Å². The van der Waals surface area contributed by atoms with Crippen LogP contribution in [0.3, 0.4) is 0 Å². The first-order chi connectivity index (χ1) is 29.3. The second-order valence-electron chi connectivity index (χ2n) is 18.9. The number of fused-ring (bicyclic) bond motifs is 6. The lowest BCUT2D eigenvalue weighted by Gasteiger charge is -2.41. The topological polar surface area (TPSA) is 0 Å². The van der Waals surface area contributed by atoms with E-state index in [9.17, 15) is 0 Å². The Bertz CT molecular complexity index is 1650. The molecule has 1 nitrogen and oxygen atoms in total. The van der Waals surface area contributed by atoms with Gasteiger partial charge in [0.2, 0.25) is 0 Å². The number of rotatable bonds is 32. The molecule has 0 saturated carbocycles. The summed E-state index contributed by atoms with van der Waals surface area (Å²) in [5.74, 6) is 0. The maximum atomic E-state index is 2.56. The standard InChI is InChI=1S/C58H84N/c1-3-5-7-9-11-13-15-17-19-21-23-25-27-33-45-59(46-34-28-26-24-22-20-18-16-14-12-10-8-6-4-2,57-43-35-41-53-51-39-31-29-37-49(51)47-55(53)57)58-44-36-42-54-52-40-32-30-38-50(52)48-56(54)58/h29-32,35-44H,3-28,33-34,45-48H2,1-2H3/q+1. The van der Waals surface area contributed by atoms with E-state index in [4.69, 9.17) is 0 Å². The van der Waals surface area contributed by atoms with Gasteiger partial charge < -0.3 is 0 Å². The third-order valence-corrected chi connectivity index (χ3v) is 14.4. The molecular weight excluding hydrogens is 711 g/mol. The molecule has 2 aliphatic rings. The molecular formula is C58H84N+. The molecule has 0 spiro atoms. The van der Waals surface area contributed by atoms with Gasteiger partial charge in [-0.2, -0.15) is 0 Å². The fourth-order valence-corrected chi connectivity index (χ4v) is 11.0. The SMILES string of the molecule is CCCCCCCCCCCCCCCC[N+](CCCCCCCCCCCCCCCC)(c1cccc2c1Cc1ccccc1-2)c1cccc2c1Cc1ccccc1-2. The molecule has 0 aromatic heterocycles. The van der Waals surface area contributed by atoms with E-state index in [1.165, 1.54) is 226 Å². The Balaban J connectivity index is 1.13. The Morgan fingerprint density at radius 1 is 0.305 bits per heavy atom. The van der Waals surface area contributed by atoms with E-state index in [-0.39, 0.29) is 0 Å². The van der Waals surface area contributed by atoms with Crippen LogP contribution in [0.1, 0.15) is 216 Å². The highest BCUT2D eigenvalue weighted by Crippen LogP contribution is 2.51. The summed E-state index contributed by atoms with van der Waals surface area (Å²) in [5.41, 5.74) is 15.3. The molecule has 0 N–H and O–H groups in total. The predicted octanol–water partition coefficient (Wildman–Crippen LogP) is 18.4. The minimum Gasteiger partial charge on any atom is -0.258 e. The van der Waals surface area contributed by atoms with Crippen LogP contribution in [-0.4, -0.2) is 13.1 Å². The van der Waals surface area contributed by atoms with Crippen molar-refractivity contribution in [2.45, 2.75) is 206 Å². The van der Waals surface area contributed by atoms with Crippen molar-refractivity contribution in [2.24, 2.45) is 0 Å². The smallest absolute Gasteiger partial charge is 0.142 e. The largest absolute Gasteiger partial charge is 0.258 e. The van der Waals surface area contributed by atoms with Crippen molar-refractivity contribution < 1.29 is 0 Å². The van der Waals surface area contributed by atoms with Gasteiger partial charge in [0.1, 0.15) is 11.4 Å². The molecule has 6 rings (SSSR count). The molecule has 0 amide bonds. The Morgan fingerprint density at radius 2 is 0.593 bits per heavy atom. The third kappa shape index (κ3) is 12.9. The molecule has 0 saturated heterocycles. The van der Waals surface area contributed by atoms with Gasteiger partial charge in [-0.1, -0.05) is 241 Å². The first-order valence-electron chi connectivity index (χ1n) is 25.6. The van der Waals surface area contributed by atoms with Gasteiger partial charge in [0.15, 0.2) is 0 Å². The van der Waals surface area contributed by atoms with Crippen LogP contribution >= 0.6 is 0 Å². The summed E-state index contributed by atoms with van der Waals surface area (Å²) in [6.45, 7) is 7.05. The molecule has 2 aliphatic carbocycles. The van der Waals surface area contributed by atoms with Crippen LogP contribution in [0.4, 0.5) is 11.4 Å². The number of unbranched alkanes of at least 4 members (excludes halogenated alkanes) is 26. The molecule has 0 aliphatic heterocycles. The zero-order valence-electron chi connectivity index (χ0n) is 38.2. The van der Waals surface area contributed by atoms with Crippen molar-refractivity contribution in [1.82, 2.24) is 4.48 Å². The van der Waals surface area contributed by atoms with Gasteiger partial charge >= 0.3 is 0 Å². The van der Waals surface area contributed by atoms with Gasteiger partial charge in [-0.3, -0.25) is 4.48 Å². The van der Waals surface area contributed by atoms with Crippen molar-refractivity contribution in [3.8, 4) is 22.3 Å². The molecule has 1 heteroatoms. The van der Waals surface area contributed by atoms with Crippen molar-refractivity contribution >= 4 is 11.4 Å². The highest BCUT2D eigenvalue weighted by atomic mass is 15.4. The Hall–Kier alpha value is -3.16. The molecule has 0 heterocycles. The van der Waals surface area contributed by atoms with Crippen molar-refractivity contribution in [3.05, 3.63) is 107 Å². The summed E-state index contributed by atoms with van der Waals surface area (Å²) >= 11 is 0. The van der Waals surface area contributed by atoms with Gasteiger partial charge in [0, 0.05) is 24.0 Å². The molecule has 4 aromatic rings. The van der Waals surface area contributed by atoms with Crippen molar-refractivity contribution in [3.63, 3.8) is 0 Å². The fourth-order valence-electron chi connectivity index (χ4n) is 11.0. The van der Waals surface area contributed by atoms with Crippen LogP contribution in [0.15, 0.2) is 84.9 Å². The van der Waals surface area contributed by atoms with E-state index in [1.54, 1.807) is 22.5 Å².